The highest BCUT2D eigenvalue weighted by atomic mass is 16.6. The molecule has 7 heteroatoms. The predicted octanol–water partition coefficient (Wildman–Crippen LogP) is 3.42. The lowest BCUT2D eigenvalue weighted by Gasteiger charge is -2.12. The fraction of sp³-hybridized carbons (Fsp3) is 0.0500. The summed E-state index contributed by atoms with van der Waals surface area (Å²) in [6.45, 7) is 0.282. The van der Waals surface area contributed by atoms with Gasteiger partial charge in [0.25, 0.3) is 11.2 Å². The van der Waals surface area contributed by atoms with Gasteiger partial charge in [0.05, 0.1) is 28.2 Å². The van der Waals surface area contributed by atoms with Gasteiger partial charge in [0, 0.05) is 23.9 Å². The van der Waals surface area contributed by atoms with Crippen molar-refractivity contribution in [3.8, 4) is 11.3 Å². The smallest absolute Gasteiger partial charge is 0.277 e. The third-order valence-corrected chi connectivity index (χ3v) is 4.23. The predicted molar refractivity (Wildman–Crippen MR) is 101 cm³/mol. The van der Waals surface area contributed by atoms with E-state index in [1.165, 1.54) is 12.1 Å². The number of nitrogens with zero attached hydrogens (tertiary/aromatic N) is 4. The second-order valence-electron chi connectivity index (χ2n) is 5.97. The summed E-state index contributed by atoms with van der Waals surface area (Å²) in [6.07, 6.45) is 1.67. The molecule has 0 atom stereocenters. The quantitative estimate of drug-likeness (QED) is 0.412. The van der Waals surface area contributed by atoms with Crippen molar-refractivity contribution >= 4 is 16.7 Å². The van der Waals surface area contributed by atoms with Crippen LogP contribution in [0.3, 0.4) is 0 Å². The van der Waals surface area contributed by atoms with E-state index < -0.39 is 4.92 Å². The van der Waals surface area contributed by atoms with Crippen LogP contribution in [0.15, 0.2) is 77.7 Å². The van der Waals surface area contributed by atoms with E-state index in [9.17, 15) is 14.9 Å². The number of rotatable bonds is 4. The van der Waals surface area contributed by atoms with Gasteiger partial charge in [-0.3, -0.25) is 24.5 Å². The SMILES string of the molecule is O=c1c(-c2cccc([N+](=O)[O-])c2)nc2ccccc2n1Cc1ccccn1. The molecule has 0 fully saturated rings. The number of hydrogen-bond acceptors (Lipinski definition) is 5. The van der Waals surface area contributed by atoms with Gasteiger partial charge in [-0.05, 0) is 24.3 Å². The number of non-ortho nitro benzene ring substituents is 1. The highest BCUT2D eigenvalue weighted by Gasteiger charge is 2.15. The van der Waals surface area contributed by atoms with E-state index in [0.29, 0.717) is 16.6 Å². The summed E-state index contributed by atoms with van der Waals surface area (Å²) < 4.78 is 1.60. The molecular formula is C20H14N4O3. The molecule has 2 aromatic heterocycles. The number of para-hydroxylation sites is 2. The van der Waals surface area contributed by atoms with Crippen LogP contribution in [0.25, 0.3) is 22.3 Å². The summed E-state index contributed by atoms with van der Waals surface area (Å²) in [5.41, 5.74) is 2.24. The van der Waals surface area contributed by atoms with Crippen LogP contribution in [-0.4, -0.2) is 19.5 Å². The first-order valence-electron chi connectivity index (χ1n) is 8.28. The number of hydrogen-bond donors (Lipinski definition) is 0. The van der Waals surface area contributed by atoms with Gasteiger partial charge in [0.15, 0.2) is 0 Å². The number of benzene rings is 2. The molecule has 0 N–H and O–H groups in total. The summed E-state index contributed by atoms with van der Waals surface area (Å²) in [5, 5.41) is 11.1. The largest absolute Gasteiger partial charge is 0.299 e. The second kappa shape index (κ2) is 6.80. The number of aromatic nitrogens is 3. The lowest BCUT2D eigenvalue weighted by Crippen LogP contribution is -2.24. The molecule has 0 bridgehead atoms. The second-order valence-corrected chi connectivity index (χ2v) is 5.97. The zero-order chi connectivity index (χ0) is 18.8. The van der Waals surface area contributed by atoms with Crippen molar-refractivity contribution in [2.24, 2.45) is 0 Å². The van der Waals surface area contributed by atoms with Gasteiger partial charge in [-0.2, -0.15) is 0 Å². The molecule has 2 heterocycles. The third kappa shape index (κ3) is 3.18. The Morgan fingerprint density at radius 3 is 2.59 bits per heavy atom. The first-order valence-corrected chi connectivity index (χ1v) is 8.28. The van der Waals surface area contributed by atoms with Crippen LogP contribution in [0, 0.1) is 10.1 Å². The molecule has 7 nitrogen and oxygen atoms in total. The van der Waals surface area contributed by atoms with Crippen molar-refractivity contribution in [2.75, 3.05) is 0 Å². The Labute approximate surface area is 153 Å². The molecule has 2 aromatic carbocycles. The number of fused-ring (bicyclic) bond motifs is 1. The van der Waals surface area contributed by atoms with Crippen LogP contribution in [-0.2, 0) is 6.54 Å². The van der Waals surface area contributed by atoms with Crippen molar-refractivity contribution in [1.29, 1.82) is 0 Å². The van der Waals surface area contributed by atoms with Crippen LogP contribution in [0.5, 0.6) is 0 Å². The fourth-order valence-electron chi connectivity index (χ4n) is 2.96. The molecule has 0 aliphatic carbocycles. The van der Waals surface area contributed by atoms with Gasteiger partial charge in [0.1, 0.15) is 5.69 Å². The van der Waals surface area contributed by atoms with Crippen molar-refractivity contribution in [1.82, 2.24) is 14.5 Å². The Balaban J connectivity index is 1.95. The Bertz CT molecular complexity index is 1200. The van der Waals surface area contributed by atoms with E-state index in [1.807, 2.05) is 42.5 Å². The summed E-state index contributed by atoms with van der Waals surface area (Å²) >= 11 is 0. The van der Waals surface area contributed by atoms with E-state index in [2.05, 4.69) is 9.97 Å². The Morgan fingerprint density at radius 1 is 1.00 bits per heavy atom. The van der Waals surface area contributed by atoms with Crippen LogP contribution >= 0.6 is 0 Å². The van der Waals surface area contributed by atoms with Gasteiger partial charge < -0.3 is 0 Å². The van der Waals surface area contributed by atoms with Crippen LogP contribution in [0.1, 0.15) is 5.69 Å². The number of nitro groups is 1. The molecule has 0 saturated heterocycles. The highest BCUT2D eigenvalue weighted by molar-refractivity contribution is 5.78. The first-order chi connectivity index (χ1) is 13.1. The number of pyridine rings is 1. The minimum atomic E-state index is -0.489. The van der Waals surface area contributed by atoms with E-state index >= 15 is 0 Å². The molecule has 0 unspecified atom stereocenters. The molecular weight excluding hydrogens is 344 g/mol. The molecule has 4 rings (SSSR count). The monoisotopic (exact) mass is 358 g/mol. The van der Waals surface area contributed by atoms with E-state index in [-0.39, 0.29) is 23.5 Å². The van der Waals surface area contributed by atoms with E-state index in [0.717, 1.165) is 5.69 Å². The van der Waals surface area contributed by atoms with Gasteiger partial charge in [-0.15, -0.1) is 0 Å². The van der Waals surface area contributed by atoms with Crippen LogP contribution < -0.4 is 5.56 Å². The zero-order valence-electron chi connectivity index (χ0n) is 14.1. The zero-order valence-corrected chi connectivity index (χ0v) is 14.1. The first kappa shape index (κ1) is 16.6. The van der Waals surface area contributed by atoms with Crippen molar-refractivity contribution in [2.45, 2.75) is 6.54 Å². The fourth-order valence-corrected chi connectivity index (χ4v) is 2.96. The molecule has 0 radical (unpaired) electrons. The Kier molecular flexibility index (Phi) is 4.18. The van der Waals surface area contributed by atoms with Crippen molar-refractivity contribution < 1.29 is 4.92 Å². The minimum Gasteiger partial charge on any atom is -0.299 e. The van der Waals surface area contributed by atoms with Crippen molar-refractivity contribution in [3.63, 3.8) is 0 Å². The Hall–Kier alpha value is -3.87. The van der Waals surface area contributed by atoms with Gasteiger partial charge >= 0.3 is 0 Å². The van der Waals surface area contributed by atoms with Gasteiger partial charge in [-0.1, -0.05) is 30.3 Å². The van der Waals surface area contributed by atoms with Gasteiger partial charge in [-0.25, -0.2) is 4.98 Å². The molecule has 0 amide bonds. The molecule has 4 aromatic rings. The third-order valence-electron chi connectivity index (χ3n) is 4.23. The summed E-state index contributed by atoms with van der Waals surface area (Å²) in [6, 6.07) is 18.8. The minimum absolute atomic E-state index is 0.0851. The van der Waals surface area contributed by atoms with Gasteiger partial charge in [0.2, 0.25) is 0 Å². The number of nitro benzene ring substituents is 1. The highest BCUT2D eigenvalue weighted by Crippen LogP contribution is 2.22. The summed E-state index contributed by atoms with van der Waals surface area (Å²) in [7, 11) is 0. The van der Waals surface area contributed by atoms with E-state index in [1.54, 1.807) is 22.9 Å². The van der Waals surface area contributed by atoms with Crippen molar-refractivity contribution in [3.05, 3.63) is 99.1 Å². The maximum atomic E-state index is 13.2. The van der Waals surface area contributed by atoms with Crippen LogP contribution in [0.4, 0.5) is 5.69 Å². The van der Waals surface area contributed by atoms with Crippen LogP contribution in [0.2, 0.25) is 0 Å². The van der Waals surface area contributed by atoms with E-state index in [4.69, 9.17) is 0 Å². The molecule has 27 heavy (non-hydrogen) atoms. The normalized spacial score (nSPS) is 10.8. The average Bonchev–Trinajstić information content (AvgIpc) is 2.71. The average molecular weight is 358 g/mol. The maximum Gasteiger partial charge on any atom is 0.277 e. The molecule has 132 valence electrons. The topological polar surface area (TPSA) is 90.9 Å². The molecule has 0 saturated carbocycles. The lowest BCUT2D eigenvalue weighted by atomic mass is 10.1. The standard InChI is InChI=1S/C20H14N4O3/c25-20-19(14-6-5-8-16(12-14)24(26)27)22-17-9-1-2-10-18(17)23(20)13-15-7-3-4-11-21-15/h1-12H,13H2. The molecule has 0 aliphatic rings. The summed E-state index contributed by atoms with van der Waals surface area (Å²) in [5.74, 6) is 0. The molecule has 0 spiro atoms. The maximum absolute atomic E-state index is 13.2. The molecule has 0 aliphatic heterocycles. The lowest BCUT2D eigenvalue weighted by molar-refractivity contribution is -0.384. The summed E-state index contributed by atoms with van der Waals surface area (Å²) in [4.78, 5) is 32.5. The Morgan fingerprint density at radius 2 is 1.81 bits per heavy atom.